The van der Waals surface area contributed by atoms with Crippen LogP contribution in [-0.2, 0) is 14.9 Å². The van der Waals surface area contributed by atoms with Gasteiger partial charge >= 0.3 is 29.6 Å². The molecule has 7 heteroatoms. The van der Waals surface area contributed by atoms with Gasteiger partial charge in [0.2, 0.25) is 5.91 Å². The minimum absolute atomic E-state index is 0. The second-order valence-corrected chi connectivity index (χ2v) is 3.92. The minimum atomic E-state index is -4.04. The van der Waals surface area contributed by atoms with Crippen molar-refractivity contribution in [1.29, 1.82) is 0 Å². The van der Waals surface area contributed by atoms with E-state index in [1.54, 1.807) is 6.08 Å². The Hall–Kier alpha value is -0.400. The maximum absolute atomic E-state index is 10.2. The Morgan fingerprint density at radius 2 is 1.75 bits per heavy atom. The summed E-state index contributed by atoms with van der Waals surface area (Å²) in [6.45, 7) is 9.88. The predicted molar refractivity (Wildman–Crippen MR) is 57.9 cm³/mol. The molecule has 0 spiro atoms. The molecule has 0 fully saturated rings. The monoisotopic (exact) mass is 255 g/mol. The van der Waals surface area contributed by atoms with Crippen molar-refractivity contribution in [1.82, 2.24) is 0 Å². The molecule has 0 aliphatic carbocycles. The normalized spacial score (nSPS) is 8.81. The van der Waals surface area contributed by atoms with Crippen molar-refractivity contribution in [2.24, 2.45) is 5.73 Å². The van der Waals surface area contributed by atoms with Gasteiger partial charge in [0.05, 0.1) is 15.9 Å². The third-order valence-electron chi connectivity index (χ3n) is 1.06. The quantitative estimate of drug-likeness (QED) is 0.250. The van der Waals surface area contributed by atoms with Crippen LogP contribution in [-0.4, -0.2) is 24.6 Å². The van der Waals surface area contributed by atoms with Gasteiger partial charge in [-0.05, 0) is 6.42 Å². The molecular weight excluding hydrogens is 241 g/mol. The summed E-state index contributed by atoms with van der Waals surface area (Å²) in [7, 11) is -4.04. The van der Waals surface area contributed by atoms with Crippen LogP contribution < -0.4 is 35.3 Å². The summed E-state index contributed by atoms with van der Waals surface area (Å²) >= 11 is 0. The van der Waals surface area contributed by atoms with Crippen LogP contribution in [0.5, 0.6) is 0 Å². The summed E-state index contributed by atoms with van der Waals surface area (Å²) in [6.07, 6.45) is 3.13. The summed E-state index contributed by atoms with van der Waals surface area (Å²) in [5.41, 5.74) is 5.24. The maximum Gasteiger partial charge on any atom is 1.00 e. The van der Waals surface area contributed by atoms with Gasteiger partial charge in [-0.1, -0.05) is 18.7 Å². The van der Waals surface area contributed by atoms with E-state index in [9.17, 15) is 17.8 Å². The Bertz CT molecular complexity index is 349. The molecule has 0 aromatic carbocycles. The molecular formula is C9H14NNaO4S. The SMILES string of the molecule is C=CCC(=C)C(N)=O.C=CCS(=O)(=O)[O-].[Na+]. The van der Waals surface area contributed by atoms with Crippen LogP contribution in [0, 0.1) is 0 Å². The Balaban J connectivity index is -0.000000200. The number of hydrogen-bond acceptors (Lipinski definition) is 4. The summed E-state index contributed by atoms with van der Waals surface area (Å²) in [6, 6.07) is 0. The minimum Gasteiger partial charge on any atom is -0.748 e. The van der Waals surface area contributed by atoms with Crippen molar-refractivity contribution in [3.05, 3.63) is 37.5 Å². The Labute approximate surface area is 118 Å². The Morgan fingerprint density at radius 1 is 1.31 bits per heavy atom. The maximum atomic E-state index is 10.2. The molecule has 0 aliphatic heterocycles. The average molecular weight is 255 g/mol. The van der Waals surface area contributed by atoms with E-state index in [1.807, 2.05) is 0 Å². The fraction of sp³-hybridized carbons (Fsp3) is 0.222. The zero-order chi connectivity index (χ0) is 12.5. The van der Waals surface area contributed by atoms with Crippen LogP contribution in [0.25, 0.3) is 0 Å². The van der Waals surface area contributed by atoms with Gasteiger partial charge in [-0.15, -0.1) is 13.2 Å². The fourth-order valence-electron chi connectivity index (χ4n) is 0.419. The van der Waals surface area contributed by atoms with Crippen LogP contribution in [0.1, 0.15) is 6.42 Å². The smallest absolute Gasteiger partial charge is 0.748 e. The van der Waals surface area contributed by atoms with Crippen molar-refractivity contribution in [2.75, 3.05) is 5.75 Å². The molecule has 16 heavy (non-hydrogen) atoms. The Morgan fingerprint density at radius 3 is 1.81 bits per heavy atom. The van der Waals surface area contributed by atoms with Gasteiger partial charge in [0.1, 0.15) is 0 Å². The molecule has 0 aromatic rings. The number of hydrogen-bond donors (Lipinski definition) is 1. The zero-order valence-corrected chi connectivity index (χ0v) is 12.1. The second kappa shape index (κ2) is 11.1. The van der Waals surface area contributed by atoms with Crippen molar-refractivity contribution in [3.8, 4) is 0 Å². The van der Waals surface area contributed by atoms with E-state index in [0.29, 0.717) is 12.0 Å². The first-order chi connectivity index (χ1) is 6.74. The molecule has 0 radical (unpaired) electrons. The first-order valence-corrected chi connectivity index (χ1v) is 5.45. The van der Waals surface area contributed by atoms with E-state index >= 15 is 0 Å². The van der Waals surface area contributed by atoms with Crippen molar-refractivity contribution < 1.29 is 47.3 Å². The van der Waals surface area contributed by atoms with E-state index in [0.717, 1.165) is 6.08 Å². The van der Waals surface area contributed by atoms with Crippen molar-refractivity contribution in [2.45, 2.75) is 6.42 Å². The van der Waals surface area contributed by atoms with Crippen LogP contribution in [0.15, 0.2) is 37.5 Å². The molecule has 0 atom stereocenters. The van der Waals surface area contributed by atoms with E-state index < -0.39 is 21.8 Å². The molecule has 0 bridgehead atoms. The molecule has 0 unspecified atom stereocenters. The summed E-state index contributed by atoms with van der Waals surface area (Å²) in [4.78, 5) is 10.2. The number of primary amides is 1. The second-order valence-electron chi connectivity index (χ2n) is 2.47. The van der Waals surface area contributed by atoms with Crippen molar-refractivity contribution >= 4 is 16.0 Å². The molecule has 0 aliphatic rings. The van der Waals surface area contributed by atoms with E-state index in [4.69, 9.17) is 5.73 Å². The van der Waals surface area contributed by atoms with Gasteiger partial charge in [0.25, 0.3) is 0 Å². The van der Waals surface area contributed by atoms with Gasteiger partial charge in [-0.3, -0.25) is 4.79 Å². The molecule has 0 heterocycles. The Kier molecular flexibility index (Phi) is 14.5. The molecule has 0 saturated heterocycles. The van der Waals surface area contributed by atoms with Gasteiger partial charge in [-0.2, -0.15) is 0 Å². The third kappa shape index (κ3) is 19.2. The van der Waals surface area contributed by atoms with E-state index in [1.165, 1.54) is 0 Å². The predicted octanol–water partition coefficient (Wildman–Crippen LogP) is -2.67. The van der Waals surface area contributed by atoms with Crippen molar-refractivity contribution in [3.63, 3.8) is 0 Å². The molecule has 5 nitrogen and oxygen atoms in total. The van der Waals surface area contributed by atoms with Gasteiger partial charge in [0.15, 0.2) is 0 Å². The summed E-state index contributed by atoms with van der Waals surface area (Å²) in [5, 5.41) is 0. The molecule has 86 valence electrons. The van der Waals surface area contributed by atoms with Crippen LogP contribution in [0.3, 0.4) is 0 Å². The third-order valence-corrected chi connectivity index (χ3v) is 1.71. The van der Waals surface area contributed by atoms with Gasteiger partial charge in [0, 0.05) is 5.57 Å². The van der Waals surface area contributed by atoms with Crippen LogP contribution in [0.2, 0.25) is 0 Å². The molecule has 1 amide bonds. The standard InChI is InChI=1S/C6H9NO.C3H6O3S.Na/c1-3-4-5(2)6(7)8;1-2-3-7(4,5)6;/h3H,1-2,4H2,(H2,7,8);2H,1,3H2,(H,4,5,6);/q;;+1/p-1. The zero-order valence-electron chi connectivity index (χ0n) is 9.31. The first-order valence-electron chi connectivity index (χ1n) is 3.87. The molecule has 0 rings (SSSR count). The number of rotatable bonds is 5. The number of carbonyl (C=O) groups excluding carboxylic acids is 1. The number of allylic oxidation sites excluding steroid dienone is 1. The summed E-state index contributed by atoms with van der Waals surface area (Å²) < 4.78 is 28.8. The average Bonchev–Trinajstić information content (AvgIpc) is 2.03. The molecule has 0 saturated carbocycles. The van der Waals surface area contributed by atoms with Crippen LogP contribution in [0.4, 0.5) is 0 Å². The number of amides is 1. The summed E-state index contributed by atoms with van der Waals surface area (Å²) in [5.74, 6) is -0.933. The van der Waals surface area contributed by atoms with E-state index in [2.05, 4.69) is 19.7 Å². The van der Waals surface area contributed by atoms with Gasteiger partial charge < -0.3 is 10.3 Å². The largest absolute Gasteiger partial charge is 1.00 e. The molecule has 0 aromatic heterocycles. The fourth-order valence-corrected chi connectivity index (χ4v) is 0.708. The van der Waals surface area contributed by atoms with E-state index in [-0.39, 0.29) is 29.6 Å². The topological polar surface area (TPSA) is 100 Å². The number of nitrogens with two attached hydrogens (primary N) is 1. The van der Waals surface area contributed by atoms with Gasteiger partial charge in [-0.25, -0.2) is 8.42 Å². The first kappa shape index (κ1) is 20.9. The molecule has 2 N–H and O–H groups in total. The van der Waals surface area contributed by atoms with Crippen LogP contribution >= 0.6 is 0 Å². The number of carbonyl (C=O) groups is 1.